The first-order valence-corrected chi connectivity index (χ1v) is 13.4. The summed E-state index contributed by atoms with van der Waals surface area (Å²) < 4.78 is 5.36. The molecule has 7 nitrogen and oxygen atoms in total. The highest BCUT2D eigenvalue weighted by Crippen LogP contribution is 2.35. The highest BCUT2D eigenvalue weighted by atomic mass is 32.1. The maximum Gasteiger partial charge on any atom is 0.348 e. The quantitative estimate of drug-likeness (QED) is 0.579. The van der Waals surface area contributed by atoms with E-state index in [0.717, 1.165) is 37.0 Å². The van der Waals surface area contributed by atoms with Crippen molar-refractivity contribution in [2.75, 3.05) is 37.7 Å². The van der Waals surface area contributed by atoms with Crippen molar-refractivity contribution < 1.29 is 24.2 Å². The Hall–Kier alpha value is -2.37. The van der Waals surface area contributed by atoms with Crippen LogP contribution in [-0.2, 0) is 14.3 Å². The Morgan fingerprint density at radius 3 is 2.40 bits per heavy atom. The fraction of sp³-hybridized carbons (Fsp3) is 0.667. The minimum absolute atomic E-state index is 0.0387. The molecule has 192 valence electrons. The number of ether oxygens (including phenoxy) is 1. The largest absolute Gasteiger partial charge is 0.477 e. The van der Waals surface area contributed by atoms with Crippen LogP contribution >= 0.6 is 11.3 Å². The van der Waals surface area contributed by atoms with Crippen LogP contribution in [0.2, 0.25) is 0 Å². The lowest BCUT2D eigenvalue weighted by Crippen LogP contribution is -2.48. The van der Waals surface area contributed by atoms with E-state index in [1.165, 1.54) is 0 Å². The van der Waals surface area contributed by atoms with Gasteiger partial charge >= 0.3 is 5.97 Å². The third kappa shape index (κ3) is 7.31. The molecule has 8 heteroatoms. The predicted molar refractivity (Wildman–Crippen MR) is 138 cm³/mol. The van der Waals surface area contributed by atoms with E-state index in [9.17, 15) is 19.5 Å². The number of aromatic carboxylic acids is 1. The van der Waals surface area contributed by atoms with Gasteiger partial charge in [-0.3, -0.25) is 9.59 Å². The monoisotopic (exact) mass is 502 g/mol. The average Bonchev–Trinajstić information content (AvgIpc) is 3.25. The zero-order valence-corrected chi connectivity index (χ0v) is 22.4. The molecule has 1 aliphatic heterocycles. The highest BCUT2D eigenvalue weighted by Gasteiger charge is 2.34. The maximum atomic E-state index is 13.8. The van der Waals surface area contributed by atoms with Crippen molar-refractivity contribution in [1.82, 2.24) is 4.90 Å². The second-order valence-corrected chi connectivity index (χ2v) is 11.9. The van der Waals surface area contributed by atoms with Gasteiger partial charge in [0.15, 0.2) is 0 Å². The van der Waals surface area contributed by atoms with E-state index in [2.05, 4.69) is 18.8 Å². The lowest BCUT2D eigenvalue weighted by molar-refractivity contribution is -0.138. The lowest BCUT2D eigenvalue weighted by atomic mass is 9.82. The number of nitrogens with zero attached hydrogens (tertiary/aromatic N) is 2. The Bertz CT molecular complexity index is 985. The van der Waals surface area contributed by atoms with Gasteiger partial charge < -0.3 is 19.6 Å². The van der Waals surface area contributed by atoms with Crippen LogP contribution in [0, 0.1) is 35.0 Å². The third-order valence-electron chi connectivity index (χ3n) is 6.59. The second-order valence-electron chi connectivity index (χ2n) is 10.9. The van der Waals surface area contributed by atoms with Crippen LogP contribution in [0.5, 0.6) is 0 Å². The van der Waals surface area contributed by atoms with Crippen LogP contribution in [0.25, 0.3) is 0 Å². The minimum Gasteiger partial charge on any atom is -0.477 e. The molecule has 1 aliphatic carbocycles. The zero-order chi connectivity index (χ0) is 25.8. The average molecular weight is 503 g/mol. The molecule has 1 atom stereocenters. The third-order valence-corrected chi connectivity index (χ3v) is 7.62. The summed E-state index contributed by atoms with van der Waals surface area (Å²) in [5.41, 5.74) is 0.118. The molecule has 2 heterocycles. The van der Waals surface area contributed by atoms with Gasteiger partial charge in [-0.1, -0.05) is 25.7 Å². The van der Waals surface area contributed by atoms with Crippen molar-refractivity contribution >= 4 is 34.8 Å². The van der Waals surface area contributed by atoms with Gasteiger partial charge in [0.25, 0.3) is 0 Å². The van der Waals surface area contributed by atoms with Crippen molar-refractivity contribution in [2.24, 2.45) is 23.2 Å². The molecule has 3 rings (SSSR count). The van der Waals surface area contributed by atoms with Crippen molar-refractivity contribution in [3.8, 4) is 11.8 Å². The van der Waals surface area contributed by atoms with E-state index >= 15 is 0 Å². The van der Waals surface area contributed by atoms with Crippen molar-refractivity contribution in [2.45, 2.75) is 60.3 Å². The summed E-state index contributed by atoms with van der Waals surface area (Å²) in [6.07, 6.45) is 3.52. The molecule has 1 aromatic rings. The zero-order valence-electron chi connectivity index (χ0n) is 21.6. The molecule has 2 aliphatic rings. The molecule has 1 aromatic heterocycles. The first kappa shape index (κ1) is 27.2. The van der Waals surface area contributed by atoms with Crippen molar-refractivity contribution in [3.63, 3.8) is 0 Å². The molecule has 1 N–H and O–H groups in total. The van der Waals surface area contributed by atoms with Crippen LogP contribution in [-0.4, -0.2) is 60.6 Å². The standard InChI is InChI=1S/C27H38N2O5S/c1-18-6-8-20(9-7-18)25(31)29(17-19(2)24(30)28-12-14-34-15-13-28)22-16-21(10-11-27(3,4)5)35-23(22)26(32)33/h16,18-20H,6-9,12-15,17H2,1-5H3,(H,32,33)/t18-,19-,20-/m0/s1. The number of rotatable bonds is 6. The van der Waals surface area contributed by atoms with E-state index in [0.29, 0.717) is 42.8 Å². The summed E-state index contributed by atoms with van der Waals surface area (Å²) >= 11 is 1.09. The van der Waals surface area contributed by atoms with Gasteiger partial charge in [0.2, 0.25) is 11.8 Å². The Morgan fingerprint density at radius 1 is 1.20 bits per heavy atom. The fourth-order valence-electron chi connectivity index (χ4n) is 4.53. The number of anilines is 1. The minimum atomic E-state index is -1.09. The predicted octanol–water partition coefficient (Wildman–Crippen LogP) is 4.50. The fourth-order valence-corrected chi connectivity index (χ4v) is 5.38. The summed E-state index contributed by atoms with van der Waals surface area (Å²) in [5.74, 6) is 4.97. The number of carbonyl (C=O) groups excluding carboxylic acids is 2. The van der Waals surface area contributed by atoms with Gasteiger partial charge in [0, 0.05) is 31.0 Å². The molecule has 0 unspecified atom stereocenters. The number of hydrogen-bond acceptors (Lipinski definition) is 5. The van der Waals surface area contributed by atoms with Crippen molar-refractivity contribution in [3.05, 3.63) is 15.8 Å². The molecule has 35 heavy (non-hydrogen) atoms. The van der Waals surface area contributed by atoms with Crippen LogP contribution in [0.15, 0.2) is 6.07 Å². The molecular weight excluding hydrogens is 464 g/mol. The molecule has 0 spiro atoms. The number of carbonyl (C=O) groups is 3. The molecule has 0 aromatic carbocycles. The second kappa shape index (κ2) is 11.6. The Balaban J connectivity index is 1.94. The number of thiophene rings is 1. The summed E-state index contributed by atoms with van der Waals surface area (Å²) in [4.78, 5) is 43.1. The molecule has 1 saturated heterocycles. The molecule has 0 radical (unpaired) electrons. The number of amides is 2. The Labute approximate surface area is 212 Å². The van der Waals surface area contributed by atoms with Gasteiger partial charge in [-0.05, 0) is 58.4 Å². The summed E-state index contributed by atoms with van der Waals surface area (Å²) in [6.45, 7) is 12.2. The molecule has 2 fully saturated rings. The highest BCUT2D eigenvalue weighted by molar-refractivity contribution is 7.15. The number of hydrogen-bond donors (Lipinski definition) is 1. The number of carboxylic acid groups (broad SMARTS) is 1. The number of morpholine rings is 1. The van der Waals surface area contributed by atoms with Gasteiger partial charge in [-0.2, -0.15) is 0 Å². The van der Waals surface area contributed by atoms with Crippen LogP contribution in [0.3, 0.4) is 0 Å². The van der Waals surface area contributed by atoms with Crippen molar-refractivity contribution in [1.29, 1.82) is 0 Å². The van der Waals surface area contributed by atoms with Gasteiger partial charge in [-0.25, -0.2) is 4.79 Å². The van der Waals surface area contributed by atoms with Gasteiger partial charge in [0.05, 0.1) is 29.7 Å². The Morgan fingerprint density at radius 2 is 1.83 bits per heavy atom. The summed E-state index contributed by atoms with van der Waals surface area (Å²) in [6, 6.07) is 1.71. The van der Waals surface area contributed by atoms with E-state index in [1.54, 1.807) is 15.9 Å². The summed E-state index contributed by atoms with van der Waals surface area (Å²) in [7, 11) is 0. The lowest BCUT2D eigenvalue weighted by Gasteiger charge is -2.34. The van der Waals surface area contributed by atoms with E-state index in [1.807, 2.05) is 27.7 Å². The normalized spacial score (nSPS) is 21.6. The smallest absolute Gasteiger partial charge is 0.348 e. The topological polar surface area (TPSA) is 87.2 Å². The van der Waals surface area contributed by atoms with E-state index in [4.69, 9.17) is 4.74 Å². The Kier molecular flexibility index (Phi) is 9.00. The number of carboxylic acids is 1. The van der Waals surface area contributed by atoms with Gasteiger partial charge in [0.1, 0.15) is 4.88 Å². The van der Waals surface area contributed by atoms with Crippen LogP contribution in [0.4, 0.5) is 5.69 Å². The molecule has 2 amide bonds. The summed E-state index contributed by atoms with van der Waals surface area (Å²) in [5, 5.41) is 9.97. The van der Waals surface area contributed by atoms with E-state index < -0.39 is 11.9 Å². The molecule has 0 bridgehead atoms. The van der Waals surface area contributed by atoms with E-state index in [-0.39, 0.29) is 34.6 Å². The molecular formula is C27H38N2O5S. The molecule has 1 saturated carbocycles. The van der Waals surface area contributed by atoms with Crippen LogP contribution < -0.4 is 4.90 Å². The van der Waals surface area contributed by atoms with Gasteiger partial charge in [-0.15, -0.1) is 11.3 Å². The first-order chi connectivity index (χ1) is 16.5. The maximum absolute atomic E-state index is 13.8. The SMILES string of the molecule is C[C@@H](CN(c1cc(C#CC(C)(C)C)sc1C(=O)O)C(=O)[C@H]1CC[C@H](C)CC1)C(=O)N1CCOCC1. The first-order valence-electron chi connectivity index (χ1n) is 12.5. The van der Waals surface area contributed by atoms with Crippen LogP contribution in [0.1, 0.15) is 74.9 Å².